The normalized spacial score (nSPS) is 24.7. The maximum atomic E-state index is 12.7. The molecule has 2 aliphatic heterocycles. The van der Waals surface area contributed by atoms with E-state index in [1.807, 2.05) is 29.2 Å². The van der Waals surface area contributed by atoms with Crippen molar-refractivity contribution in [1.29, 1.82) is 0 Å². The van der Waals surface area contributed by atoms with E-state index < -0.39 is 5.54 Å². The summed E-state index contributed by atoms with van der Waals surface area (Å²) in [5.74, 6) is -0.0564. The Morgan fingerprint density at radius 3 is 2.93 bits per heavy atom. The van der Waals surface area contributed by atoms with Gasteiger partial charge in [-0.15, -0.1) is 0 Å². The van der Waals surface area contributed by atoms with Crippen LogP contribution in [0.3, 0.4) is 0 Å². The molecule has 28 heavy (non-hydrogen) atoms. The molecule has 1 aromatic rings. The van der Waals surface area contributed by atoms with Crippen LogP contribution in [0.1, 0.15) is 50.5 Å². The quantitative estimate of drug-likeness (QED) is 0.809. The van der Waals surface area contributed by atoms with Crippen LogP contribution in [-0.2, 0) is 19.1 Å². The summed E-state index contributed by atoms with van der Waals surface area (Å²) >= 11 is 0. The van der Waals surface area contributed by atoms with Crippen LogP contribution in [0, 0.1) is 0 Å². The molecule has 0 radical (unpaired) electrons. The number of carbonyl (C=O) groups is 3. The van der Waals surface area contributed by atoms with Gasteiger partial charge in [-0.25, -0.2) is 0 Å². The highest BCUT2D eigenvalue weighted by Gasteiger charge is 2.49. The summed E-state index contributed by atoms with van der Waals surface area (Å²) in [5, 5.41) is 6.07. The minimum Gasteiger partial charge on any atom is -0.384 e. The second-order valence-electron chi connectivity index (χ2n) is 7.79. The maximum absolute atomic E-state index is 12.7. The Morgan fingerprint density at radius 1 is 1.36 bits per heavy atom. The number of likely N-dealkylation sites (tertiary alicyclic amines) is 1. The number of hydrogen-bond acceptors (Lipinski definition) is 4. The molecule has 2 atom stereocenters. The highest BCUT2D eigenvalue weighted by Crippen LogP contribution is 2.41. The second-order valence-corrected chi connectivity index (χ2v) is 7.79. The average molecular weight is 387 g/mol. The van der Waals surface area contributed by atoms with Gasteiger partial charge in [0.1, 0.15) is 0 Å². The zero-order chi connectivity index (χ0) is 20.1. The van der Waals surface area contributed by atoms with Crippen molar-refractivity contribution in [3.05, 3.63) is 29.8 Å². The Balaban J connectivity index is 1.92. The first-order valence-corrected chi connectivity index (χ1v) is 9.89. The van der Waals surface area contributed by atoms with Gasteiger partial charge in [0, 0.05) is 45.1 Å². The molecule has 2 fully saturated rings. The number of amides is 3. The van der Waals surface area contributed by atoms with E-state index in [9.17, 15) is 14.4 Å². The van der Waals surface area contributed by atoms with Crippen LogP contribution in [0.4, 0.5) is 5.69 Å². The number of rotatable bonds is 5. The number of hydrogen-bond donors (Lipinski definition) is 2. The largest absolute Gasteiger partial charge is 0.384 e. The van der Waals surface area contributed by atoms with E-state index in [0.717, 1.165) is 30.5 Å². The van der Waals surface area contributed by atoms with E-state index in [0.29, 0.717) is 32.5 Å². The molecule has 0 aliphatic carbocycles. The first-order valence-electron chi connectivity index (χ1n) is 9.89. The minimum absolute atomic E-state index is 0.0187. The lowest BCUT2D eigenvalue weighted by molar-refractivity contribution is -0.132. The molecule has 152 valence electrons. The van der Waals surface area contributed by atoms with Crippen molar-refractivity contribution in [2.45, 2.75) is 50.5 Å². The van der Waals surface area contributed by atoms with Crippen LogP contribution in [0.2, 0.25) is 0 Å². The fourth-order valence-electron chi connectivity index (χ4n) is 4.42. The number of nitrogens with zero attached hydrogens (tertiary/aromatic N) is 1. The lowest BCUT2D eigenvalue weighted by Crippen LogP contribution is -2.52. The first-order chi connectivity index (χ1) is 13.4. The molecule has 1 aromatic carbocycles. The number of nitrogens with one attached hydrogen (secondary N) is 2. The van der Waals surface area contributed by atoms with Crippen molar-refractivity contribution in [2.24, 2.45) is 0 Å². The van der Waals surface area contributed by atoms with E-state index in [-0.39, 0.29) is 23.6 Å². The van der Waals surface area contributed by atoms with Crippen LogP contribution in [-0.4, -0.2) is 55.0 Å². The molecule has 3 rings (SSSR count). The molecule has 1 spiro atoms. The average Bonchev–Trinajstić information content (AvgIpc) is 2.91. The molecule has 7 heteroatoms. The van der Waals surface area contributed by atoms with E-state index in [2.05, 4.69) is 10.6 Å². The predicted octanol–water partition coefficient (Wildman–Crippen LogP) is 2.04. The van der Waals surface area contributed by atoms with Gasteiger partial charge in [-0.1, -0.05) is 18.6 Å². The van der Waals surface area contributed by atoms with E-state index in [1.165, 1.54) is 6.92 Å². The lowest BCUT2D eigenvalue weighted by atomic mass is 9.79. The van der Waals surface area contributed by atoms with Gasteiger partial charge in [-0.2, -0.15) is 0 Å². The van der Waals surface area contributed by atoms with Gasteiger partial charge < -0.3 is 20.3 Å². The lowest BCUT2D eigenvalue weighted by Gasteiger charge is -2.35. The molecule has 0 aromatic heterocycles. The van der Waals surface area contributed by atoms with Crippen molar-refractivity contribution in [3.8, 4) is 0 Å². The first kappa shape index (κ1) is 20.3. The third kappa shape index (κ3) is 4.52. The molecule has 7 nitrogen and oxygen atoms in total. The summed E-state index contributed by atoms with van der Waals surface area (Å²) in [6.45, 7) is 2.92. The van der Waals surface area contributed by atoms with E-state index in [1.54, 1.807) is 7.11 Å². The van der Waals surface area contributed by atoms with Gasteiger partial charge in [0.05, 0.1) is 18.6 Å². The zero-order valence-corrected chi connectivity index (χ0v) is 16.6. The Morgan fingerprint density at radius 2 is 2.18 bits per heavy atom. The molecule has 0 unspecified atom stereocenters. The van der Waals surface area contributed by atoms with Gasteiger partial charge in [-0.05, 0) is 30.5 Å². The molecule has 0 saturated carbocycles. The van der Waals surface area contributed by atoms with Crippen LogP contribution in [0.5, 0.6) is 0 Å². The van der Waals surface area contributed by atoms with Crippen LogP contribution in [0.15, 0.2) is 24.3 Å². The third-order valence-electron chi connectivity index (χ3n) is 5.69. The summed E-state index contributed by atoms with van der Waals surface area (Å²) < 4.78 is 5.05. The summed E-state index contributed by atoms with van der Waals surface area (Å²) in [7, 11) is 1.58. The van der Waals surface area contributed by atoms with Crippen molar-refractivity contribution in [1.82, 2.24) is 10.2 Å². The van der Waals surface area contributed by atoms with Crippen LogP contribution in [0.25, 0.3) is 0 Å². The number of carbonyl (C=O) groups excluding carboxylic acids is 3. The van der Waals surface area contributed by atoms with Crippen molar-refractivity contribution >= 4 is 23.4 Å². The molecule has 2 saturated heterocycles. The van der Waals surface area contributed by atoms with Crippen molar-refractivity contribution in [3.63, 3.8) is 0 Å². The molecule has 0 bridgehead atoms. The molecule has 3 amide bonds. The third-order valence-corrected chi connectivity index (χ3v) is 5.69. The van der Waals surface area contributed by atoms with E-state index >= 15 is 0 Å². The Hall–Kier alpha value is -2.41. The van der Waals surface area contributed by atoms with Gasteiger partial charge in [-0.3, -0.25) is 14.4 Å². The highest BCUT2D eigenvalue weighted by molar-refractivity contribution is 5.88. The Labute approximate surface area is 165 Å². The minimum atomic E-state index is -0.467. The van der Waals surface area contributed by atoms with Gasteiger partial charge in [0.25, 0.3) is 0 Å². The number of benzene rings is 1. The van der Waals surface area contributed by atoms with E-state index in [4.69, 9.17) is 4.74 Å². The van der Waals surface area contributed by atoms with Crippen LogP contribution >= 0.6 is 0 Å². The van der Waals surface area contributed by atoms with Gasteiger partial charge in [0.15, 0.2) is 0 Å². The molecule has 2 N–H and O–H groups in total. The Kier molecular flexibility index (Phi) is 6.34. The molecule has 2 heterocycles. The SMILES string of the molecule is COCCC(=O)N1C[C@@H](c2cccc(NC(C)=O)c2)[C@@]2(CCCCC(=O)N2)C1. The summed E-state index contributed by atoms with van der Waals surface area (Å²) in [6, 6.07) is 7.72. The number of anilines is 1. The fourth-order valence-corrected chi connectivity index (χ4v) is 4.42. The zero-order valence-electron chi connectivity index (χ0n) is 16.6. The topological polar surface area (TPSA) is 87.7 Å². The second kappa shape index (κ2) is 8.73. The van der Waals surface area contributed by atoms with Gasteiger partial charge >= 0.3 is 0 Å². The van der Waals surface area contributed by atoms with Crippen molar-refractivity contribution in [2.75, 3.05) is 32.1 Å². The summed E-state index contributed by atoms with van der Waals surface area (Å²) in [5.41, 5.74) is 1.28. The summed E-state index contributed by atoms with van der Waals surface area (Å²) in [4.78, 5) is 38.3. The van der Waals surface area contributed by atoms with Crippen molar-refractivity contribution < 1.29 is 19.1 Å². The monoisotopic (exact) mass is 387 g/mol. The number of methoxy groups -OCH3 is 1. The Bertz CT molecular complexity index is 751. The molecular weight excluding hydrogens is 358 g/mol. The smallest absolute Gasteiger partial charge is 0.224 e. The standard InChI is InChI=1S/C21H29N3O4/c1-15(25)22-17-7-5-6-16(12-17)18-13-24(20(27)9-11-28-2)14-21(18)10-4-3-8-19(26)23-21/h5-7,12,18H,3-4,8-11,13-14H2,1-2H3,(H,22,25)(H,23,26)/t18-,21+/m0/s1. The fraction of sp³-hybridized carbons (Fsp3) is 0.571. The van der Waals surface area contributed by atoms with Crippen LogP contribution < -0.4 is 10.6 Å². The maximum Gasteiger partial charge on any atom is 0.224 e. The summed E-state index contributed by atoms with van der Waals surface area (Å²) in [6.07, 6.45) is 3.50. The molecule has 2 aliphatic rings. The number of ether oxygens (including phenoxy) is 1. The van der Waals surface area contributed by atoms with Gasteiger partial charge in [0.2, 0.25) is 17.7 Å². The molecular formula is C21H29N3O4. The predicted molar refractivity (Wildman–Crippen MR) is 106 cm³/mol. The highest BCUT2D eigenvalue weighted by atomic mass is 16.5.